The maximum absolute atomic E-state index is 12.0. The van der Waals surface area contributed by atoms with E-state index < -0.39 is 0 Å². The van der Waals surface area contributed by atoms with E-state index in [1.807, 2.05) is 6.92 Å². The molecule has 2 atom stereocenters. The summed E-state index contributed by atoms with van der Waals surface area (Å²) in [5, 5.41) is 9.37. The number of halogens is 2. The minimum Gasteiger partial charge on any atom is -0.375 e. The molecule has 1 aliphatic heterocycles. The molecule has 1 aromatic heterocycles. The lowest BCUT2D eigenvalue weighted by Gasteiger charge is -2.29. The zero-order chi connectivity index (χ0) is 14.5. The molecule has 2 N–H and O–H groups in total. The normalized spacial score (nSPS) is 20.9. The Labute approximate surface area is 148 Å². The minimum atomic E-state index is -0.245. The summed E-state index contributed by atoms with van der Waals surface area (Å²) in [7, 11) is 0. The molecule has 0 spiro atoms. The van der Waals surface area contributed by atoms with Crippen molar-refractivity contribution in [3.05, 3.63) is 16.1 Å². The molecule has 0 aromatic carbocycles. The predicted octanol–water partition coefficient (Wildman–Crippen LogP) is 2.15. The van der Waals surface area contributed by atoms with Crippen LogP contribution in [0, 0.1) is 0 Å². The molecule has 22 heavy (non-hydrogen) atoms. The second-order valence-corrected chi connectivity index (χ2v) is 6.27. The third-order valence-corrected chi connectivity index (χ3v) is 4.54. The summed E-state index contributed by atoms with van der Waals surface area (Å²) >= 11 is 1.69. The van der Waals surface area contributed by atoms with E-state index in [4.69, 9.17) is 4.74 Å². The number of nitrogens with one attached hydrogen (secondary N) is 2. The number of morpholine rings is 1. The maximum Gasteiger partial charge on any atom is 0.239 e. The van der Waals surface area contributed by atoms with Gasteiger partial charge in [-0.05, 0) is 6.92 Å². The van der Waals surface area contributed by atoms with Crippen molar-refractivity contribution in [3.63, 3.8) is 0 Å². The molecular formula is C14H25Cl2N3O2S. The summed E-state index contributed by atoms with van der Waals surface area (Å²) in [6, 6.07) is -0.245. The lowest BCUT2D eigenvalue weighted by molar-refractivity contribution is -0.128. The standard InChI is InChI=1S/C14H23N3O2S.2ClH/c1-9(2)14-17-11(8-20-14)4-5-16-13(18)12-10(3)19-7-6-15-12;;/h8-10,12,15H,4-7H2,1-3H3,(H,16,18);2*1H/t10-,12+;;/m1../s1. The molecule has 1 fully saturated rings. The third kappa shape index (κ3) is 6.01. The van der Waals surface area contributed by atoms with E-state index in [-0.39, 0.29) is 42.9 Å². The van der Waals surface area contributed by atoms with Crippen LogP contribution in [0.5, 0.6) is 0 Å². The van der Waals surface area contributed by atoms with Crippen LogP contribution in [-0.2, 0) is 16.0 Å². The van der Waals surface area contributed by atoms with Crippen molar-refractivity contribution in [1.29, 1.82) is 0 Å². The van der Waals surface area contributed by atoms with Gasteiger partial charge in [-0.25, -0.2) is 4.98 Å². The zero-order valence-electron chi connectivity index (χ0n) is 13.1. The third-order valence-electron chi connectivity index (χ3n) is 3.34. The van der Waals surface area contributed by atoms with Crippen LogP contribution < -0.4 is 10.6 Å². The fourth-order valence-corrected chi connectivity index (χ4v) is 3.02. The number of aromatic nitrogens is 1. The first-order chi connectivity index (χ1) is 9.58. The van der Waals surface area contributed by atoms with Gasteiger partial charge in [-0.3, -0.25) is 4.79 Å². The Morgan fingerprint density at radius 3 is 2.86 bits per heavy atom. The summed E-state index contributed by atoms with van der Waals surface area (Å²) in [4.78, 5) is 16.6. The number of carbonyl (C=O) groups excluding carboxylic acids is 1. The quantitative estimate of drug-likeness (QED) is 0.834. The van der Waals surface area contributed by atoms with Gasteiger partial charge >= 0.3 is 0 Å². The van der Waals surface area contributed by atoms with Gasteiger partial charge in [0.25, 0.3) is 0 Å². The highest BCUT2D eigenvalue weighted by Crippen LogP contribution is 2.19. The van der Waals surface area contributed by atoms with Gasteiger partial charge in [0.2, 0.25) is 5.91 Å². The van der Waals surface area contributed by atoms with Crippen molar-refractivity contribution in [2.75, 3.05) is 19.7 Å². The molecule has 5 nitrogen and oxygen atoms in total. The van der Waals surface area contributed by atoms with Crippen LogP contribution in [0.4, 0.5) is 0 Å². The SMILES string of the molecule is CC(C)c1nc(CCNC(=O)[C@H]2NCCO[C@@H]2C)cs1.Cl.Cl. The van der Waals surface area contributed by atoms with Gasteiger partial charge in [0.1, 0.15) is 6.04 Å². The largest absolute Gasteiger partial charge is 0.375 e. The highest BCUT2D eigenvalue weighted by Gasteiger charge is 2.27. The second kappa shape index (κ2) is 10.4. The van der Waals surface area contributed by atoms with Gasteiger partial charge in [0.05, 0.1) is 23.4 Å². The molecule has 0 saturated carbocycles. The summed E-state index contributed by atoms with van der Waals surface area (Å²) < 4.78 is 5.47. The molecule has 0 radical (unpaired) electrons. The Morgan fingerprint density at radius 2 is 2.27 bits per heavy atom. The number of thiazole rings is 1. The van der Waals surface area contributed by atoms with Crippen molar-refractivity contribution in [2.45, 2.75) is 45.3 Å². The molecular weight excluding hydrogens is 345 g/mol. The fraction of sp³-hybridized carbons (Fsp3) is 0.714. The number of amides is 1. The monoisotopic (exact) mass is 369 g/mol. The fourth-order valence-electron chi connectivity index (χ4n) is 2.15. The minimum absolute atomic E-state index is 0. The van der Waals surface area contributed by atoms with Crippen molar-refractivity contribution in [2.24, 2.45) is 0 Å². The molecule has 0 aliphatic carbocycles. The van der Waals surface area contributed by atoms with Crippen molar-refractivity contribution in [1.82, 2.24) is 15.6 Å². The van der Waals surface area contributed by atoms with E-state index in [0.29, 0.717) is 19.1 Å². The van der Waals surface area contributed by atoms with Gasteiger partial charge < -0.3 is 15.4 Å². The predicted molar refractivity (Wildman–Crippen MR) is 94.6 cm³/mol. The molecule has 2 heterocycles. The van der Waals surface area contributed by atoms with Crippen LogP contribution in [0.1, 0.15) is 37.4 Å². The average Bonchev–Trinajstić information content (AvgIpc) is 2.88. The number of hydrogen-bond acceptors (Lipinski definition) is 5. The molecule has 1 aliphatic rings. The Balaban J connectivity index is 0.00000220. The van der Waals surface area contributed by atoms with Crippen LogP contribution in [0.25, 0.3) is 0 Å². The zero-order valence-corrected chi connectivity index (χ0v) is 15.6. The number of hydrogen-bond donors (Lipinski definition) is 2. The van der Waals surface area contributed by atoms with Crippen LogP contribution in [0.2, 0.25) is 0 Å². The number of nitrogens with zero attached hydrogens (tertiary/aromatic N) is 1. The van der Waals surface area contributed by atoms with E-state index >= 15 is 0 Å². The Hall–Kier alpha value is -0.400. The first-order valence-corrected chi connectivity index (χ1v) is 8.03. The number of carbonyl (C=O) groups is 1. The van der Waals surface area contributed by atoms with Gasteiger partial charge in [-0.2, -0.15) is 0 Å². The first-order valence-electron chi connectivity index (χ1n) is 7.15. The smallest absolute Gasteiger partial charge is 0.239 e. The van der Waals surface area contributed by atoms with Crippen LogP contribution in [0.15, 0.2) is 5.38 Å². The van der Waals surface area contributed by atoms with E-state index in [2.05, 4.69) is 34.8 Å². The highest BCUT2D eigenvalue weighted by atomic mass is 35.5. The molecule has 2 rings (SSSR count). The Kier molecular flexibility index (Phi) is 10.2. The van der Waals surface area contributed by atoms with Crippen molar-refractivity contribution >= 4 is 42.1 Å². The lowest BCUT2D eigenvalue weighted by Crippen LogP contribution is -2.55. The van der Waals surface area contributed by atoms with Crippen molar-refractivity contribution < 1.29 is 9.53 Å². The molecule has 1 saturated heterocycles. The second-order valence-electron chi connectivity index (χ2n) is 5.38. The molecule has 128 valence electrons. The lowest BCUT2D eigenvalue weighted by atomic mass is 10.1. The van der Waals surface area contributed by atoms with Crippen LogP contribution >= 0.6 is 36.2 Å². The van der Waals surface area contributed by atoms with Gasteiger partial charge in [0, 0.05) is 30.8 Å². The van der Waals surface area contributed by atoms with Crippen LogP contribution in [0.3, 0.4) is 0 Å². The summed E-state index contributed by atoms with van der Waals surface area (Å²) in [5.74, 6) is 0.476. The molecule has 0 unspecified atom stereocenters. The Morgan fingerprint density at radius 1 is 1.55 bits per heavy atom. The highest BCUT2D eigenvalue weighted by molar-refractivity contribution is 7.09. The molecule has 8 heteroatoms. The summed E-state index contributed by atoms with van der Waals surface area (Å²) in [6.07, 6.45) is 0.701. The maximum atomic E-state index is 12.0. The number of ether oxygens (including phenoxy) is 1. The summed E-state index contributed by atoms with van der Waals surface area (Å²) in [6.45, 7) is 8.21. The average molecular weight is 370 g/mol. The summed E-state index contributed by atoms with van der Waals surface area (Å²) in [5.41, 5.74) is 1.06. The molecule has 1 amide bonds. The topological polar surface area (TPSA) is 63.2 Å². The van der Waals surface area contributed by atoms with E-state index in [1.54, 1.807) is 11.3 Å². The molecule has 1 aromatic rings. The van der Waals surface area contributed by atoms with Crippen molar-refractivity contribution in [3.8, 4) is 0 Å². The van der Waals surface area contributed by atoms with Gasteiger partial charge in [0.15, 0.2) is 0 Å². The van der Waals surface area contributed by atoms with E-state index in [1.165, 1.54) is 0 Å². The number of rotatable bonds is 5. The first kappa shape index (κ1) is 21.6. The van der Waals surface area contributed by atoms with Gasteiger partial charge in [-0.1, -0.05) is 13.8 Å². The van der Waals surface area contributed by atoms with Gasteiger partial charge in [-0.15, -0.1) is 36.2 Å². The van der Waals surface area contributed by atoms with E-state index in [0.717, 1.165) is 23.7 Å². The van der Waals surface area contributed by atoms with E-state index in [9.17, 15) is 4.79 Å². The molecule has 0 bridgehead atoms. The van der Waals surface area contributed by atoms with Crippen LogP contribution in [-0.4, -0.2) is 42.7 Å². The Bertz CT molecular complexity index is 457.